The molecule has 1 atom stereocenters. The summed E-state index contributed by atoms with van der Waals surface area (Å²) in [5.74, 6) is 1.97. The summed E-state index contributed by atoms with van der Waals surface area (Å²) in [4.78, 5) is 11.4. The molecule has 6 nitrogen and oxygen atoms in total. The number of anilines is 1. The molecule has 0 aliphatic heterocycles. The summed E-state index contributed by atoms with van der Waals surface area (Å²) in [5, 5.41) is 3.92. The van der Waals surface area contributed by atoms with Crippen LogP contribution in [0.2, 0.25) is 0 Å². The lowest BCUT2D eigenvalue weighted by Crippen LogP contribution is -1.99. The van der Waals surface area contributed by atoms with Crippen LogP contribution in [0, 0.1) is 0 Å². The van der Waals surface area contributed by atoms with Crippen LogP contribution in [0.1, 0.15) is 24.3 Å². The minimum absolute atomic E-state index is 0.278. The minimum Gasteiger partial charge on any atom is -0.399 e. The number of nitrogen functional groups attached to an aromatic ring is 1. The topological polar surface area (TPSA) is 93.6 Å². The van der Waals surface area contributed by atoms with Crippen LogP contribution in [0.4, 0.5) is 5.69 Å². The summed E-state index contributed by atoms with van der Waals surface area (Å²) in [6.07, 6.45) is 4.06. The number of aromatic amines is 1. The number of nitrogens with one attached hydrogen (secondary N) is 1. The molecule has 3 aromatic rings. The summed E-state index contributed by atoms with van der Waals surface area (Å²) in [5.41, 5.74) is 7.64. The Morgan fingerprint density at radius 3 is 2.80 bits per heavy atom. The number of benzene rings is 1. The van der Waals surface area contributed by atoms with Crippen molar-refractivity contribution >= 4 is 5.69 Å². The van der Waals surface area contributed by atoms with Crippen molar-refractivity contribution in [3.8, 4) is 11.6 Å². The third-order valence-electron chi connectivity index (χ3n) is 3.16. The van der Waals surface area contributed by atoms with E-state index >= 15 is 0 Å². The first kappa shape index (κ1) is 12.4. The maximum Gasteiger partial charge on any atom is 0.238 e. The number of rotatable bonds is 4. The summed E-state index contributed by atoms with van der Waals surface area (Å²) in [6, 6.07) is 7.83. The molecule has 0 fully saturated rings. The molecule has 0 saturated carbocycles. The Morgan fingerprint density at radius 2 is 2.10 bits per heavy atom. The first-order chi connectivity index (χ1) is 9.72. The normalized spacial score (nSPS) is 12.4. The number of hydrogen-bond acceptors (Lipinski definition) is 5. The lowest BCUT2D eigenvalue weighted by molar-refractivity contribution is 0.371. The van der Waals surface area contributed by atoms with Crippen molar-refractivity contribution < 1.29 is 4.52 Å². The van der Waals surface area contributed by atoms with E-state index in [1.54, 1.807) is 12.4 Å². The van der Waals surface area contributed by atoms with Crippen LogP contribution in [0.25, 0.3) is 11.6 Å². The second kappa shape index (κ2) is 5.16. The van der Waals surface area contributed by atoms with Crippen LogP contribution in [0.5, 0.6) is 0 Å². The molecule has 20 heavy (non-hydrogen) atoms. The van der Waals surface area contributed by atoms with Crippen molar-refractivity contribution in [2.24, 2.45) is 0 Å². The molecular formula is C14H15N5O. The van der Waals surface area contributed by atoms with Gasteiger partial charge < -0.3 is 15.2 Å². The maximum atomic E-state index is 5.69. The Bertz CT molecular complexity index is 672. The molecule has 2 aromatic heterocycles. The Kier molecular flexibility index (Phi) is 3.20. The second-order valence-electron chi connectivity index (χ2n) is 4.72. The van der Waals surface area contributed by atoms with Gasteiger partial charge in [0.15, 0.2) is 5.82 Å². The molecule has 0 bridgehead atoms. The van der Waals surface area contributed by atoms with Gasteiger partial charge in [-0.2, -0.15) is 4.98 Å². The average molecular weight is 269 g/mol. The van der Waals surface area contributed by atoms with Crippen LogP contribution in [-0.4, -0.2) is 20.1 Å². The number of imidazole rings is 1. The summed E-state index contributed by atoms with van der Waals surface area (Å²) >= 11 is 0. The predicted molar refractivity (Wildman–Crippen MR) is 74.9 cm³/mol. The predicted octanol–water partition coefficient (Wildman–Crippen LogP) is 2.39. The zero-order valence-corrected chi connectivity index (χ0v) is 11.1. The average Bonchev–Trinajstić information content (AvgIpc) is 3.09. The molecule has 3 N–H and O–H groups in total. The van der Waals surface area contributed by atoms with E-state index in [4.69, 9.17) is 10.3 Å². The van der Waals surface area contributed by atoms with Gasteiger partial charge >= 0.3 is 0 Å². The smallest absolute Gasteiger partial charge is 0.238 e. The standard InChI is InChI=1S/C14H15N5O/c1-9(10-2-4-11(15)5-3-10)8-12-18-14(19-20-12)13-16-6-7-17-13/h2-7,9H,8,15H2,1H3,(H,16,17). The third kappa shape index (κ3) is 2.54. The molecule has 1 unspecified atom stereocenters. The first-order valence-electron chi connectivity index (χ1n) is 6.40. The number of nitrogens with two attached hydrogens (primary N) is 1. The SMILES string of the molecule is CC(Cc1nc(-c2ncc[nH]2)no1)c1ccc(N)cc1. The molecule has 1 aromatic carbocycles. The molecule has 0 saturated heterocycles. The van der Waals surface area contributed by atoms with Gasteiger partial charge in [0.25, 0.3) is 0 Å². The van der Waals surface area contributed by atoms with Gasteiger partial charge in [-0.25, -0.2) is 4.98 Å². The second-order valence-corrected chi connectivity index (χ2v) is 4.72. The molecule has 0 radical (unpaired) electrons. The van der Waals surface area contributed by atoms with Gasteiger partial charge in [0.2, 0.25) is 11.7 Å². The fourth-order valence-corrected chi connectivity index (χ4v) is 2.03. The van der Waals surface area contributed by atoms with E-state index in [0.29, 0.717) is 24.0 Å². The van der Waals surface area contributed by atoms with Gasteiger partial charge in [0.05, 0.1) is 0 Å². The summed E-state index contributed by atoms with van der Waals surface area (Å²) < 4.78 is 5.26. The third-order valence-corrected chi connectivity index (χ3v) is 3.16. The summed E-state index contributed by atoms with van der Waals surface area (Å²) in [7, 11) is 0. The molecule has 102 valence electrons. The van der Waals surface area contributed by atoms with Crippen molar-refractivity contribution in [3.05, 3.63) is 48.1 Å². The number of H-pyrrole nitrogens is 1. The van der Waals surface area contributed by atoms with Crippen molar-refractivity contribution in [1.82, 2.24) is 20.1 Å². The first-order valence-corrected chi connectivity index (χ1v) is 6.40. The lowest BCUT2D eigenvalue weighted by atomic mass is 9.98. The van der Waals surface area contributed by atoms with E-state index in [0.717, 1.165) is 5.69 Å². The molecule has 0 aliphatic rings. The molecular weight excluding hydrogens is 254 g/mol. The Labute approximate surface area is 116 Å². The van der Waals surface area contributed by atoms with Crippen molar-refractivity contribution in [1.29, 1.82) is 0 Å². The fraction of sp³-hybridized carbons (Fsp3) is 0.214. The molecule has 2 heterocycles. The highest BCUT2D eigenvalue weighted by Crippen LogP contribution is 2.21. The fourth-order valence-electron chi connectivity index (χ4n) is 2.03. The largest absolute Gasteiger partial charge is 0.399 e. The van der Waals surface area contributed by atoms with Crippen molar-refractivity contribution in [3.63, 3.8) is 0 Å². The minimum atomic E-state index is 0.278. The van der Waals surface area contributed by atoms with Gasteiger partial charge in [0, 0.05) is 24.5 Å². The molecule has 6 heteroatoms. The van der Waals surface area contributed by atoms with Crippen LogP contribution in [0.15, 0.2) is 41.2 Å². The summed E-state index contributed by atoms with van der Waals surface area (Å²) in [6.45, 7) is 2.11. The maximum absolute atomic E-state index is 5.69. The van der Waals surface area contributed by atoms with E-state index in [1.165, 1.54) is 5.56 Å². The molecule has 0 spiro atoms. The van der Waals surface area contributed by atoms with Crippen molar-refractivity contribution in [2.75, 3.05) is 5.73 Å². The van der Waals surface area contributed by atoms with Crippen LogP contribution < -0.4 is 5.73 Å². The van der Waals surface area contributed by atoms with E-state index in [-0.39, 0.29) is 5.92 Å². The van der Waals surface area contributed by atoms with Gasteiger partial charge in [-0.1, -0.05) is 24.2 Å². The zero-order chi connectivity index (χ0) is 13.9. The number of aromatic nitrogens is 4. The molecule has 0 amide bonds. The Balaban J connectivity index is 1.73. The highest BCUT2D eigenvalue weighted by molar-refractivity contribution is 5.41. The van der Waals surface area contributed by atoms with Crippen LogP contribution in [-0.2, 0) is 6.42 Å². The quantitative estimate of drug-likeness (QED) is 0.709. The molecule has 0 aliphatic carbocycles. The number of nitrogens with zero attached hydrogens (tertiary/aromatic N) is 3. The molecule has 3 rings (SSSR count). The van der Waals surface area contributed by atoms with Crippen LogP contribution >= 0.6 is 0 Å². The Hall–Kier alpha value is -2.63. The van der Waals surface area contributed by atoms with Gasteiger partial charge in [-0.05, 0) is 23.6 Å². The number of hydrogen-bond donors (Lipinski definition) is 2. The van der Waals surface area contributed by atoms with E-state index in [1.807, 2.05) is 24.3 Å². The van der Waals surface area contributed by atoms with E-state index in [9.17, 15) is 0 Å². The van der Waals surface area contributed by atoms with Gasteiger partial charge in [0.1, 0.15) is 0 Å². The van der Waals surface area contributed by atoms with Gasteiger partial charge in [-0.15, -0.1) is 0 Å². The highest BCUT2D eigenvalue weighted by Gasteiger charge is 2.14. The highest BCUT2D eigenvalue weighted by atomic mass is 16.5. The van der Waals surface area contributed by atoms with Crippen molar-refractivity contribution in [2.45, 2.75) is 19.3 Å². The monoisotopic (exact) mass is 269 g/mol. The lowest BCUT2D eigenvalue weighted by Gasteiger charge is -2.08. The zero-order valence-electron chi connectivity index (χ0n) is 11.1. The van der Waals surface area contributed by atoms with Gasteiger partial charge in [-0.3, -0.25) is 0 Å². The van der Waals surface area contributed by atoms with E-state index in [2.05, 4.69) is 27.0 Å². The van der Waals surface area contributed by atoms with Crippen LogP contribution in [0.3, 0.4) is 0 Å². The Morgan fingerprint density at radius 1 is 1.30 bits per heavy atom. The van der Waals surface area contributed by atoms with E-state index < -0.39 is 0 Å².